The minimum atomic E-state index is 0. The summed E-state index contributed by atoms with van der Waals surface area (Å²) in [6.07, 6.45) is 7.40. The molecule has 0 fully saturated rings. The molecule has 0 saturated heterocycles. The van der Waals surface area contributed by atoms with E-state index < -0.39 is 0 Å². The molecule has 0 spiro atoms. The molecule has 5 rings (SSSR count). The SMILES string of the molecule is C1=c2ccccc2=NC=c2ccccc2=NC=c2ccccc2=NC=c2ccccc2=N1.[Co+3]. The van der Waals surface area contributed by atoms with Crippen molar-refractivity contribution in [2.24, 2.45) is 20.0 Å². The fourth-order valence-electron chi connectivity index (χ4n) is 3.41. The van der Waals surface area contributed by atoms with Gasteiger partial charge in [-0.2, -0.15) is 0 Å². The van der Waals surface area contributed by atoms with Gasteiger partial charge < -0.3 is 0 Å². The Morgan fingerprint density at radius 3 is 0.758 bits per heavy atom. The van der Waals surface area contributed by atoms with Gasteiger partial charge in [0.25, 0.3) is 0 Å². The Labute approximate surface area is 200 Å². The summed E-state index contributed by atoms with van der Waals surface area (Å²) in [5.74, 6) is 0. The van der Waals surface area contributed by atoms with Crippen LogP contribution in [0.5, 0.6) is 0 Å². The molecular formula is C28H20CoN4+3. The molecule has 158 valence electrons. The van der Waals surface area contributed by atoms with Crippen molar-refractivity contribution >= 4 is 24.8 Å². The summed E-state index contributed by atoms with van der Waals surface area (Å²) in [5.41, 5.74) is 0. The topological polar surface area (TPSA) is 49.4 Å². The second-order valence-corrected chi connectivity index (χ2v) is 7.27. The zero-order valence-electron chi connectivity index (χ0n) is 17.7. The third kappa shape index (κ3) is 5.29. The number of hydrogen-bond acceptors (Lipinski definition) is 4. The average molecular weight is 471 g/mol. The van der Waals surface area contributed by atoms with Gasteiger partial charge in [0.15, 0.2) is 0 Å². The minimum Gasteiger partial charge on any atom is -0.256 e. The van der Waals surface area contributed by atoms with Crippen molar-refractivity contribution < 1.29 is 16.8 Å². The molecule has 0 amide bonds. The van der Waals surface area contributed by atoms with Crippen LogP contribution in [0.2, 0.25) is 0 Å². The van der Waals surface area contributed by atoms with Gasteiger partial charge in [-0.15, -0.1) is 0 Å². The Balaban J connectivity index is 0.00000259. The molecule has 0 bridgehead atoms. The van der Waals surface area contributed by atoms with E-state index in [0.29, 0.717) is 0 Å². The molecule has 0 aromatic heterocycles. The maximum absolute atomic E-state index is 4.74. The van der Waals surface area contributed by atoms with Crippen LogP contribution in [-0.2, 0) is 16.8 Å². The molecule has 1 heterocycles. The maximum Gasteiger partial charge on any atom is 3.00 e. The largest absolute Gasteiger partial charge is 3.00 e. The van der Waals surface area contributed by atoms with Crippen molar-refractivity contribution in [1.82, 2.24) is 0 Å². The monoisotopic (exact) mass is 471 g/mol. The van der Waals surface area contributed by atoms with Crippen LogP contribution in [-0.4, -0.2) is 0 Å². The van der Waals surface area contributed by atoms with Crippen LogP contribution in [0, 0.1) is 0 Å². The van der Waals surface area contributed by atoms with Gasteiger partial charge in [0.05, 0.1) is 21.4 Å². The Kier molecular flexibility index (Phi) is 7.14. The van der Waals surface area contributed by atoms with E-state index in [4.69, 9.17) is 20.0 Å². The summed E-state index contributed by atoms with van der Waals surface area (Å²) in [6, 6.07) is 31.8. The number of nitrogens with zero attached hydrogens (tertiary/aromatic N) is 4. The molecule has 4 aromatic carbocycles. The van der Waals surface area contributed by atoms with E-state index in [2.05, 4.69) is 0 Å². The first-order chi connectivity index (χ1) is 15.9. The van der Waals surface area contributed by atoms with Crippen molar-refractivity contribution in [2.45, 2.75) is 0 Å². The molecule has 0 unspecified atom stereocenters. The summed E-state index contributed by atoms with van der Waals surface area (Å²) < 4.78 is 0. The Bertz CT molecular complexity index is 1390. The minimum absolute atomic E-state index is 0. The van der Waals surface area contributed by atoms with E-state index in [-0.39, 0.29) is 16.8 Å². The van der Waals surface area contributed by atoms with Gasteiger partial charge >= 0.3 is 16.8 Å². The van der Waals surface area contributed by atoms with Gasteiger partial charge in [0, 0.05) is 45.7 Å². The zero-order valence-corrected chi connectivity index (χ0v) is 18.7. The van der Waals surface area contributed by atoms with Crippen LogP contribution < -0.4 is 42.3 Å². The summed E-state index contributed by atoms with van der Waals surface area (Å²) >= 11 is 0. The van der Waals surface area contributed by atoms with Crippen LogP contribution in [0.3, 0.4) is 0 Å². The third-order valence-corrected chi connectivity index (χ3v) is 5.12. The third-order valence-electron chi connectivity index (χ3n) is 5.12. The van der Waals surface area contributed by atoms with Crippen molar-refractivity contribution in [1.29, 1.82) is 0 Å². The zero-order chi connectivity index (χ0) is 21.6. The molecule has 4 nitrogen and oxygen atoms in total. The van der Waals surface area contributed by atoms with Crippen LogP contribution in [0.1, 0.15) is 0 Å². The number of hydrogen-bond donors (Lipinski definition) is 0. The van der Waals surface area contributed by atoms with Gasteiger partial charge in [-0.25, -0.2) is 0 Å². The van der Waals surface area contributed by atoms with E-state index in [1.165, 1.54) is 0 Å². The quantitative estimate of drug-likeness (QED) is 0.353. The van der Waals surface area contributed by atoms with Gasteiger partial charge in [0.2, 0.25) is 0 Å². The Morgan fingerprint density at radius 2 is 0.515 bits per heavy atom. The average Bonchev–Trinajstić information content (AvgIpc) is 2.85. The first-order valence-electron chi connectivity index (χ1n) is 10.4. The predicted octanol–water partition coefficient (Wildman–Crippen LogP) is 0.229. The van der Waals surface area contributed by atoms with E-state index >= 15 is 0 Å². The number of fused-ring (bicyclic) bond motifs is 4. The van der Waals surface area contributed by atoms with Crippen LogP contribution in [0.15, 0.2) is 117 Å². The Hall–Kier alpha value is -3.93. The molecule has 0 N–H and O–H groups in total. The molecule has 0 saturated carbocycles. The molecule has 1 aliphatic heterocycles. The number of benzene rings is 4. The fraction of sp³-hybridized carbons (Fsp3) is 0. The second-order valence-electron chi connectivity index (χ2n) is 7.27. The van der Waals surface area contributed by atoms with Gasteiger partial charge in [-0.1, -0.05) is 72.8 Å². The van der Waals surface area contributed by atoms with Crippen molar-refractivity contribution in [3.63, 3.8) is 0 Å². The van der Waals surface area contributed by atoms with Crippen molar-refractivity contribution in [3.05, 3.63) is 139 Å². The number of para-hydroxylation sites is 4. The molecule has 1 aliphatic rings. The van der Waals surface area contributed by atoms with E-state index in [1.54, 1.807) is 0 Å². The molecule has 0 aliphatic carbocycles. The van der Waals surface area contributed by atoms with Gasteiger partial charge in [-0.05, 0) is 24.3 Å². The summed E-state index contributed by atoms with van der Waals surface area (Å²) in [6.45, 7) is 0. The van der Waals surface area contributed by atoms with Gasteiger partial charge in [-0.3, -0.25) is 20.0 Å². The van der Waals surface area contributed by atoms with Crippen LogP contribution in [0.4, 0.5) is 0 Å². The fourth-order valence-corrected chi connectivity index (χ4v) is 3.41. The van der Waals surface area contributed by atoms with Gasteiger partial charge in [0.1, 0.15) is 0 Å². The second kappa shape index (κ2) is 10.6. The molecule has 4 aromatic rings. The van der Waals surface area contributed by atoms with Crippen LogP contribution >= 0.6 is 0 Å². The van der Waals surface area contributed by atoms with E-state index in [0.717, 1.165) is 42.3 Å². The van der Waals surface area contributed by atoms with E-state index in [1.807, 2.05) is 122 Å². The molecule has 0 atom stereocenters. The first kappa shape index (κ1) is 22.3. The molecule has 5 heteroatoms. The molecule has 0 radical (unpaired) electrons. The smallest absolute Gasteiger partial charge is 0.256 e. The first-order valence-corrected chi connectivity index (χ1v) is 10.4. The molecule has 33 heavy (non-hydrogen) atoms. The Morgan fingerprint density at radius 1 is 0.303 bits per heavy atom. The summed E-state index contributed by atoms with van der Waals surface area (Å²) in [5, 5.41) is 7.14. The van der Waals surface area contributed by atoms with Crippen molar-refractivity contribution in [3.8, 4) is 0 Å². The number of rotatable bonds is 0. The van der Waals surface area contributed by atoms with Crippen molar-refractivity contribution in [2.75, 3.05) is 0 Å². The standard InChI is InChI=1S/C28H20N4.Co/c1-5-13-25-21(9-1)17-29-26-14-6-2-11-23(26)19-31-28-16-8-4-12-24(28)20-32-27-15-7-3-10-22(27)18-30-25;/h1-20H;/q;+3. The maximum atomic E-state index is 4.74. The summed E-state index contributed by atoms with van der Waals surface area (Å²) in [7, 11) is 0. The molecular weight excluding hydrogens is 451 g/mol. The normalized spacial score (nSPS) is 12.1. The van der Waals surface area contributed by atoms with E-state index in [9.17, 15) is 0 Å². The summed E-state index contributed by atoms with van der Waals surface area (Å²) in [4.78, 5) is 19.0. The predicted molar refractivity (Wildman–Crippen MR) is 127 cm³/mol. The van der Waals surface area contributed by atoms with Crippen LogP contribution in [0.25, 0.3) is 24.8 Å².